The highest BCUT2D eigenvalue weighted by Crippen LogP contribution is 2.36. The molecule has 20 heavy (non-hydrogen) atoms. The summed E-state index contributed by atoms with van der Waals surface area (Å²) in [4.78, 5) is 11.4. The number of rotatable bonds is 2. The van der Waals surface area contributed by atoms with Crippen LogP contribution in [0.3, 0.4) is 0 Å². The summed E-state index contributed by atoms with van der Waals surface area (Å²) in [6.07, 6.45) is 0. The van der Waals surface area contributed by atoms with Gasteiger partial charge in [-0.1, -0.05) is 83.3 Å². The molecule has 0 aliphatic heterocycles. The van der Waals surface area contributed by atoms with Crippen molar-refractivity contribution < 1.29 is 0 Å². The van der Waals surface area contributed by atoms with Gasteiger partial charge < -0.3 is 0 Å². The van der Waals surface area contributed by atoms with Crippen LogP contribution >= 0.6 is 22.7 Å². The third-order valence-corrected chi connectivity index (χ3v) is 5.14. The largest absolute Gasteiger partial charge is 0.223 e. The van der Waals surface area contributed by atoms with Gasteiger partial charge in [0.1, 0.15) is 10.0 Å². The fourth-order valence-corrected chi connectivity index (χ4v) is 4.10. The highest BCUT2D eigenvalue weighted by Gasteiger charge is 2.12. The van der Waals surface area contributed by atoms with E-state index in [-0.39, 0.29) is 0 Å². The molecule has 2 aromatic carbocycles. The number of fused-ring (bicyclic) bond motifs is 1. The van der Waals surface area contributed by atoms with E-state index in [0.717, 1.165) is 30.8 Å². The van der Waals surface area contributed by atoms with E-state index in [1.165, 1.54) is 0 Å². The third kappa shape index (κ3) is 2.03. The second-order valence-corrected chi connectivity index (χ2v) is 6.34. The summed E-state index contributed by atoms with van der Waals surface area (Å²) in [5.41, 5.74) is 2.31. The molecule has 0 aliphatic rings. The minimum atomic E-state index is 1.02. The Kier molecular flexibility index (Phi) is 2.83. The molecule has 0 spiro atoms. The lowest BCUT2D eigenvalue weighted by Gasteiger charge is -1.94. The molecule has 2 heterocycles. The minimum Gasteiger partial charge on any atom is -0.223 e. The van der Waals surface area contributed by atoms with E-state index in [9.17, 15) is 0 Å². The molecule has 2 nitrogen and oxygen atoms in total. The highest BCUT2D eigenvalue weighted by molar-refractivity contribution is 7.29. The van der Waals surface area contributed by atoms with Gasteiger partial charge in [0.2, 0.25) is 0 Å². The SMILES string of the molecule is c1ccc(-c2nc3sc(-c4ccccc4)nc3s2)cc1. The van der Waals surface area contributed by atoms with Gasteiger partial charge in [0.15, 0.2) is 9.66 Å². The zero-order chi connectivity index (χ0) is 13.4. The Hall–Kier alpha value is -2.04. The van der Waals surface area contributed by atoms with E-state index in [1.54, 1.807) is 22.7 Å². The molecular formula is C16H10N2S2. The van der Waals surface area contributed by atoms with Gasteiger partial charge in [-0.25, -0.2) is 9.97 Å². The van der Waals surface area contributed by atoms with Gasteiger partial charge in [-0.3, -0.25) is 0 Å². The monoisotopic (exact) mass is 294 g/mol. The Morgan fingerprint density at radius 1 is 0.550 bits per heavy atom. The summed E-state index contributed by atoms with van der Waals surface area (Å²) in [6.45, 7) is 0. The van der Waals surface area contributed by atoms with Gasteiger partial charge in [0.25, 0.3) is 0 Å². The fraction of sp³-hybridized carbons (Fsp3) is 0. The van der Waals surface area contributed by atoms with Gasteiger partial charge in [0, 0.05) is 11.1 Å². The van der Waals surface area contributed by atoms with Crippen molar-refractivity contribution in [3.05, 3.63) is 60.7 Å². The van der Waals surface area contributed by atoms with Crippen LogP contribution in [0.5, 0.6) is 0 Å². The van der Waals surface area contributed by atoms with Crippen LogP contribution in [-0.2, 0) is 0 Å². The number of aromatic nitrogens is 2. The standard InChI is InChI=1S/C16H10N2S2/c1-3-7-11(8-4-1)13-17-15-16(19-13)18-14(20-15)12-9-5-2-6-10-12/h1-10H. The summed E-state index contributed by atoms with van der Waals surface area (Å²) >= 11 is 3.31. The van der Waals surface area contributed by atoms with Crippen LogP contribution in [0, 0.1) is 0 Å². The average molecular weight is 294 g/mol. The lowest BCUT2D eigenvalue weighted by atomic mass is 10.2. The van der Waals surface area contributed by atoms with Gasteiger partial charge in [-0.2, -0.15) is 0 Å². The van der Waals surface area contributed by atoms with E-state index >= 15 is 0 Å². The van der Waals surface area contributed by atoms with Gasteiger partial charge in [0.05, 0.1) is 0 Å². The maximum absolute atomic E-state index is 4.70. The van der Waals surface area contributed by atoms with Crippen LogP contribution < -0.4 is 0 Å². The first-order chi connectivity index (χ1) is 9.90. The molecule has 0 saturated carbocycles. The zero-order valence-electron chi connectivity index (χ0n) is 10.5. The van der Waals surface area contributed by atoms with E-state index in [0.29, 0.717) is 0 Å². The molecule has 96 valence electrons. The molecular weight excluding hydrogens is 284 g/mol. The van der Waals surface area contributed by atoms with Crippen molar-refractivity contribution >= 4 is 32.3 Å². The van der Waals surface area contributed by atoms with Crippen molar-refractivity contribution in [1.29, 1.82) is 0 Å². The van der Waals surface area contributed by atoms with E-state index < -0.39 is 0 Å². The molecule has 4 aromatic rings. The first-order valence-corrected chi connectivity index (χ1v) is 7.92. The molecule has 0 amide bonds. The summed E-state index contributed by atoms with van der Waals surface area (Å²) < 4.78 is 0. The molecule has 0 aliphatic carbocycles. The van der Waals surface area contributed by atoms with Crippen LogP contribution in [0.15, 0.2) is 60.7 Å². The first kappa shape index (κ1) is 11.8. The molecule has 2 aromatic heterocycles. The van der Waals surface area contributed by atoms with Crippen LogP contribution in [0.2, 0.25) is 0 Å². The molecule has 0 radical (unpaired) electrons. The van der Waals surface area contributed by atoms with Crippen LogP contribution in [-0.4, -0.2) is 9.97 Å². The lowest BCUT2D eigenvalue weighted by Crippen LogP contribution is -1.74. The molecule has 0 fully saturated rings. The Morgan fingerprint density at radius 3 is 1.35 bits per heavy atom. The Labute approximate surface area is 124 Å². The fourth-order valence-electron chi connectivity index (χ4n) is 2.05. The minimum absolute atomic E-state index is 1.02. The molecule has 4 heteroatoms. The van der Waals surface area contributed by atoms with Crippen LogP contribution in [0.4, 0.5) is 0 Å². The van der Waals surface area contributed by atoms with Crippen molar-refractivity contribution in [2.75, 3.05) is 0 Å². The average Bonchev–Trinajstić information content (AvgIpc) is 3.08. The Bertz CT molecular complexity index is 747. The Balaban J connectivity index is 1.78. The maximum atomic E-state index is 4.70. The van der Waals surface area contributed by atoms with Gasteiger partial charge in [-0.05, 0) is 0 Å². The molecule has 0 saturated heterocycles. The summed E-state index contributed by atoms with van der Waals surface area (Å²) in [6, 6.07) is 20.5. The van der Waals surface area contributed by atoms with E-state index in [1.807, 2.05) is 36.4 Å². The number of thiazole rings is 2. The predicted octanol–water partition coefficient (Wildman–Crippen LogP) is 5.09. The predicted molar refractivity (Wildman–Crippen MR) is 86.2 cm³/mol. The Morgan fingerprint density at radius 2 is 0.950 bits per heavy atom. The van der Waals surface area contributed by atoms with E-state index in [4.69, 9.17) is 9.97 Å². The van der Waals surface area contributed by atoms with E-state index in [2.05, 4.69) is 24.3 Å². The van der Waals surface area contributed by atoms with Crippen molar-refractivity contribution in [2.45, 2.75) is 0 Å². The second kappa shape index (κ2) is 4.81. The van der Waals surface area contributed by atoms with Gasteiger partial charge >= 0.3 is 0 Å². The lowest BCUT2D eigenvalue weighted by molar-refractivity contribution is 1.48. The molecule has 0 unspecified atom stereocenters. The third-order valence-electron chi connectivity index (χ3n) is 3.02. The van der Waals surface area contributed by atoms with Crippen LogP contribution in [0.25, 0.3) is 30.8 Å². The topological polar surface area (TPSA) is 25.8 Å². The number of nitrogens with zero attached hydrogens (tertiary/aromatic N) is 2. The van der Waals surface area contributed by atoms with Crippen molar-refractivity contribution in [1.82, 2.24) is 9.97 Å². The molecule has 0 N–H and O–H groups in total. The number of hydrogen-bond acceptors (Lipinski definition) is 4. The molecule has 0 bridgehead atoms. The normalized spacial score (nSPS) is 11.0. The highest BCUT2D eigenvalue weighted by atomic mass is 32.1. The maximum Gasteiger partial charge on any atom is 0.155 e. The second-order valence-electron chi connectivity index (χ2n) is 4.38. The summed E-state index contributed by atoms with van der Waals surface area (Å²) in [7, 11) is 0. The van der Waals surface area contributed by atoms with Crippen molar-refractivity contribution in [2.24, 2.45) is 0 Å². The van der Waals surface area contributed by atoms with Crippen molar-refractivity contribution in [3.8, 4) is 21.1 Å². The number of hydrogen-bond donors (Lipinski definition) is 0. The first-order valence-electron chi connectivity index (χ1n) is 6.28. The van der Waals surface area contributed by atoms with Crippen LogP contribution in [0.1, 0.15) is 0 Å². The quantitative estimate of drug-likeness (QED) is 0.515. The smallest absolute Gasteiger partial charge is 0.155 e. The molecule has 0 atom stereocenters. The zero-order valence-corrected chi connectivity index (χ0v) is 12.1. The van der Waals surface area contributed by atoms with Crippen molar-refractivity contribution in [3.63, 3.8) is 0 Å². The summed E-state index contributed by atoms with van der Waals surface area (Å²) in [5, 5.41) is 2.08. The molecule has 4 rings (SSSR count). The van der Waals surface area contributed by atoms with Gasteiger partial charge in [-0.15, -0.1) is 0 Å². The summed E-state index contributed by atoms with van der Waals surface area (Å²) in [5.74, 6) is 0. The number of benzene rings is 2.